The molecule has 0 spiro atoms. The van der Waals surface area contributed by atoms with Crippen LogP contribution in [0.25, 0.3) is 0 Å². The van der Waals surface area contributed by atoms with Crippen LogP contribution in [0.5, 0.6) is 5.75 Å². The number of aliphatic hydroxyl groups excluding tert-OH is 1. The Morgan fingerprint density at radius 3 is 2.64 bits per heavy atom. The lowest BCUT2D eigenvalue weighted by Crippen LogP contribution is -2.50. The third-order valence-electron chi connectivity index (χ3n) is 5.61. The second-order valence-electron chi connectivity index (χ2n) is 8.97. The van der Waals surface area contributed by atoms with E-state index in [0.717, 1.165) is 12.8 Å². The Bertz CT molecular complexity index is 984. The lowest BCUT2D eigenvalue weighted by Gasteiger charge is -2.37. The van der Waals surface area contributed by atoms with Gasteiger partial charge in [-0.3, -0.25) is 4.79 Å². The third kappa shape index (κ3) is 6.93. The molecule has 33 heavy (non-hydrogen) atoms. The predicted octanol–water partition coefficient (Wildman–Crippen LogP) is 1.63. The molecule has 0 aliphatic carbocycles. The number of likely N-dealkylation sites (N-methyl/N-ethyl adjacent to an activating group) is 2. The van der Waals surface area contributed by atoms with Crippen molar-refractivity contribution in [3.63, 3.8) is 0 Å². The van der Waals surface area contributed by atoms with Crippen molar-refractivity contribution >= 4 is 15.9 Å². The Morgan fingerprint density at radius 1 is 1.33 bits per heavy atom. The molecular formula is C24H37N3O5S. The minimum atomic E-state index is -3.90. The third-order valence-corrected chi connectivity index (χ3v) is 7.63. The Morgan fingerprint density at radius 2 is 2.03 bits per heavy atom. The average Bonchev–Trinajstić information content (AvgIpc) is 2.75. The molecule has 0 saturated carbocycles. The van der Waals surface area contributed by atoms with Gasteiger partial charge in [0.15, 0.2) is 0 Å². The zero-order valence-electron chi connectivity index (χ0n) is 20.5. The van der Waals surface area contributed by atoms with Gasteiger partial charge >= 0.3 is 0 Å². The normalized spacial score (nSPS) is 21.1. The second-order valence-corrected chi connectivity index (χ2v) is 10.8. The number of carbonyl (C=O) groups is 1. The van der Waals surface area contributed by atoms with E-state index < -0.39 is 22.2 Å². The van der Waals surface area contributed by atoms with E-state index in [2.05, 4.69) is 11.8 Å². The number of rotatable bonds is 7. The summed E-state index contributed by atoms with van der Waals surface area (Å²) >= 11 is 0. The number of fused-ring (bicyclic) bond motifs is 1. The number of nitrogens with zero attached hydrogens (tertiary/aromatic N) is 3. The maximum atomic E-state index is 13.5. The molecule has 1 aliphatic rings. The van der Waals surface area contributed by atoms with E-state index in [4.69, 9.17) is 4.74 Å². The number of carbonyl (C=O) groups excluding carboxylic acids is 1. The Balaban J connectivity index is 2.50. The van der Waals surface area contributed by atoms with Crippen LogP contribution in [0.4, 0.5) is 0 Å². The lowest BCUT2D eigenvalue weighted by atomic mass is 10.0. The molecule has 2 rings (SSSR count). The zero-order chi connectivity index (χ0) is 24.8. The highest BCUT2D eigenvalue weighted by atomic mass is 32.2. The summed E-state index contributed by atoms with van der Waals surface area (Å²) in [6.45, 7) is 6.07. The number of ether oxygens (including phenoxy) is 1. The van der Waals surface area contributed by atoms with Gasteiger partial charge in [0.05, 0.1) is 19.7 Å². The summed E-state index contributed by atoms with van der Waals surface area (Å²) in [5.74, 6) is 6.07. The number of aliphatic hydroxyl groups is 1. The highest BCUT2D eigenvalue weighted by Gasteiger charge is 2.38. The number of hydrogen-bond acceptors (Lipinski definition) is 6. The predicted molar refractivity (Wildman–Crippen MR) is 128 cm³/mol. The Hall–Kier alpha value is -2.12. The van der Waals surface area contributed by atoms with Gasteiger partial charge in [-0.05, 0) is 45.6 Å². The van der Waals surface area contributed by atoms with Gasteiger partial charge in [-0.1, -0.05) is 25.7 Å². The van der Waals surface area contributed by atoms with Crippen molar-refractivity contribution in [1.82, 2.24) is 14.1 Å². The SMILES string of the molecule is CCCC#Cc1ccc2c(c1)O[C@@H](CN(C)C(=O)CN(C)C)[C@@H](C)CN([C@@H](C)CO)S2(=O)=O. The van der Waals surface area contributed by atoms with Gasteiger partial charge in [0.1, 0.15) is 16.7 Å². The molecule has 1 amide bonds. The van der Waals surface area contributed by atoms with E-state index in [1.807, 2.05) is 27.9 Å². The van der Waals surface area contributed by atoms with Crippen LogP contribution in [0, 0.1) is 17.8 Å². The fraction of sp³-hybridized carbons (Fsp3) is 0.625. The monoisotopic (exact) mass is 479 g/mol. The van der Waals surface area contributed by atoms with Crippen molar-refractivity contribution in [2.75, 3.05) is 47.4 Å². The summed E-state index contributed by atoms with van der Waals surface area (Å²) in [5, 5.41) is 9.74. The topological polar surface area (TPSA) is 90.4 Å². The first kappa shape index (κ1) is 27.1. The van der Waals surface area contributed by atoms with Gasteiger partial charge in [-0.2, -0.15) is 4.31 Å². The van der Waals surface area contributed by atoms with E-state index in [9.17, 15) is 18.3 Å². The van der Waals surface area contributed by atoms with E-state index >= 15 is 0 Å². The van der Waals surface area contributed by atoms with Gasteiger partial charge in [-0.25, -0.2) is 8.42 Å². The summed E-state index contributed by atoms with van der Waals surface area (Å²) in [4.78, 5) is 16.0. The van der Waals surface area contributed by atoms with Crippen LogP contribution in [-0.4, -0.2) is 93.1 Å². The molecule has 184 valence electrons. The molecule has 1 aliphatic heterocycles. The van der Waals surface area contributed by atoms with Crippen LogP contribution in [0.3, 0.4) is 0 Å². The largest absolute Gasteiger partial charge is 0.487 e. The molecular weight excluding hydrogens is 442 g/mol. The molecule has 9 heteroatoms. The summed E-state index contributed by atoms with van der Waals surface area (Å²) in [5.41, 5.74) is 0.670. The van der Waals surface area contributed by atoms with Crippen molar-refractivity contribution in [2.24, 2.45) is 5.92 Å². The van der Waals surface area contributed by atoms with Crippen molar-refractivity contribution in [3.8, 4) is 17.6 Å². The molecule has 8 nitrogen and oxygen atoms in total. The molecule has 0 aromatic heterocycles. The average molecular weight is 480 g/mol. The summed E-state index contributed by atoms with van der Waals surface area (Å²) in [6, 6.07) is 4.26. The molecule has 0 unspecified atom stereocenters. The van der Waals surface area contributed by atoms with Gasteiger partial charge in [0.2, 0.25) is 15.9 Å². The van der Waals surface area contributed by atoms with E-state index in [1.165, 1.54) is 10.4 Å². The molecule has 1 heterocycles. The highest BCUT2D eigenvalue weighted by molar-refractivity contribution is 7.89. The van der Waals surface area contributed by atoms with Gasteiger partial charge < -0.3 is 19.6 Å². The maximum absolute atomic E-state index is 13.5. The van der Waals surface area contributed by atoms with E-state index in [-0.39, 0.29) is 42.2 Å². The minimum Gasteiger partial charge on any atom is -0.487 e. The Labute approximate surface area is 198 Å². The zero-order valence-corrected chi connectivity index (χ0v) is 21.4. The van der Waals surface area contributed by atoms with Gasteiger partial charge in [0, 0.05) is 37.5 Å². The quantitative estimate of drug-likeness (QED) is 0.598. The number of sulfonamides is 1. The van der Waals surface area contributed by atoms with E-state index in [1.54, 1.807) is 35.9 Å². The van der Waals surface area contributed by atoms with Crippen LogP contribution < -0.4 is 4.74 Å². The molecule has 1 aromatic carbocycles. The van der Waals surface area contributed by atoms with Crippen LogP contribution in [0.2, 0.25) is 0 Å². The maximum Gasteiger partial charge on any atom is 0.247 e. The molecule has 0 bridgehead atoms. The number of unbranched alkanes of at least 4 members (excludes halogenated alkanes) is 1. The summed E-state index contributed by atoms with van der Waals surface area (Å²) in [7, 11) is 1.48. The summed E-state index contributed by atoms with van der Waals surface area (Å²) in [6.07, 6.45) is 1.24. The van der Waals surface area contributed by atoms with Crippen molar-refractivity contribution in [3.05, 3.63) is 23.8 Å². The molecule has 0 fully saturated rings. The first-order valence-corrected chi connectivity index (χ1v) is 12.8. The van der Waals surface area contributed by atoms with Gasteiger partial charge in [0.25, 0.3) is 0 Å². The smallest absolute Gasteiger partial charge is 0.247 e. The van der Waals surface area contributed by atoms with Crippen molar-refractivity contribution in [2.45, 2.75) is 50.7 Å². The first-order valence-electron chi connectivity index (χ1n) is 11.3. The van der Waals surface area contributed by atoms with Crippen LogP contribution in [0.15, 0.2) is 23.1 Å². The molecule has 0 saturated heterocycles. The number of hydrogen-bond donors (Lipinski definition) is 1. The lowest BCUT2D eigenvalue weighted by molar-refractivity contribution is -0.132. The van der Waals surface area contributed by atoms with Crippen molar-refractivity contribution in [1.29, 1.82) is 0 Å². The van der Waals surface area contributed by atoms with Crippen LogP contribution in [0.1, 0.15) is 39.2 Å². The molecule has 1 N–H and O–H groups in total. The van der Waals surface area contributed by atoms with E-state index in [0.29, 0.717) is 12.1 Å². The number of benzene rings is 1. The fourth-order valence-electron chi connectivity index (χ4n) is 3.57. The molecule has 1 aromatic rings. The highest BCUT2D eigenvalue weighted by Crippen LogP contribution is 2.34. The molecule has 3 atom stereocenters. The number of amides is 1. The minimum absolute atomic E-state index is 0.0445. The van der Waals surface area contributed by atoms with Gasteiger partial charge in [-0.15, -0.1) is 0 Å². The first-order chi connectivity index (χ1) is 15.5. The van der Waals surface area contributed by atoms with Crippen LogP contribution >= 0.6 is 0 Å². The Kier molecular flexibility index (Phi) is 9.73. The second kappa shape index (κ2) is 11.8. The standard InChI is InChI=1S/C24H37N3O5S/c1-7-8-9-10-20-11-12-23-21(13-20)32-22(15-26(6)24(29)16-25(4)5)18(2)14-27(19(3)17-28)33(23,30)31/h11-13,18-19,22,28H,7-8,14-17H2,1-6H3/t18-,19-,22-/m0/s1. The molecule has 0 radical (unpaired) electrons. The van der Waals surface area contributed by atoms with Crippen LogP contribution in [-0.2, 0) is 14.8 Å². The fourth-order valence-corrected chi connectivity index (χ4v) is 5.40. The summed E-state index contributed by atoms with van der Waals surface area (Å²) < 4.78 is 34.6. The van der Waals surface area contributed by atoms with Crippen molar-refractivity contribution < 1.29 is 23.1 Å².